The zero-order valence-electron chi connectivity index (χ0n) is 13.3. The number of aliphatic hydroxyl groups is 1. The van der Waals surface area contributed by atoms with Gasteiger partial charge in [0, 0.05) is 19.7 Å². The number of likely N-dealkylation sites (N-methyl/N-ethyl adjacent to an activating group) is 1. The molecule has 120 valence electrons. The lowest BCUT2D eigenvalue weighted by molar-refractivity contribution is -0.0382. The van der Waals surface area contributed by atoms with Crippen LogP contribution in [-0.4, -0.2) is 75.3 Å². The highest BCUT2D eigenvalue weighted by atomic mass is 16.5. The molecular weight excluding hydrogens is 256 g/mol. The molecule has 2 N–H and O–H groups in total. The Morgan fingerprint density at radius 3 is 2.80 bits per heavy atom. The van der Waals surface area contributed by atoms with E-state index in [1.54, 1.807) is 7.11 Å². The van der Waals surface area contributed by atoms with Gasteiger partial charge in [0.05, 0.1) is 25.4 Å². The molecule has 3 atom stereocenters. The monoisotopic (exact) mass is 288 g/mol. The number of hydrogen-bond donors (Lipinski definition) is 2. The summed E-state index contributed by atoms with van der Waals surface area (Å²) >= 11 is 0. The maximum atomic E-state index is 9.95. The van der Waals surface area contributed by atoms with Gasteiger partial charge in [-0.2, -0.15) is 0 Å². The Hall–Kier alpha value is -0.200. The fourth-order valence-electron chi connectivity index (χ4n) is 2.61. The quantitative estimate of drug-likeness (QED) is 0.624. The number of nitrogens with one attached hydrogen (secondary N) is 1. The third kappa shape index (κ3) is 8.17. The summed E-state index contributed by atoms with van der Waals surface area (Å²) in [6.45, 7) is 5.72. The zero-order valence-corrected chi connectivity index (χ0v) is 13.3. The molecule has 3 unspecified atom stereocenters. The maximum Gasteiger partial charge on any atom is 0.0900 e. The lowest BCUT2D eigenvalue weighted by Crippen LogP contribution is -2.39. The maximum absolute atomic E-state index is 9.95. The van der Waals surface area contributed by atoms with E-state index in [2.05, 4.69) is 17.3 Å². The van der Waals surface area contributed by atoms with E-state index in [0.717, 1.165) is 19.5 Å². The van der Waals surface area contributed by atoms with Crippen LogP contribution in [0.3, 0.4) is 0 Å². The fraction of sp³-hybridized carbons (Fsp3) is 1.00. The van der Waals surface area contributed by atoms with Crippen LogP contribution in [0.4, 0.5) is 0 Å². The number of hydrogen-bond acceptors (Lipinski definition) is 5. The highest BCUT2D eigenvalue weighted by Crippen LogP contribution is 2.10. The first-order valence-electron chi connectivity index (χ1n) is 7.82. The standard InChI is InChI=1S/C15H32N2O3/c1-13(11-19-3)20-12-15(18)10-17(2)9-7-14-6-4-5-8-16-14/h13-16,18H,4-12H2,1-3H3. The van der Waals surface area contributed by atoms with Crippen molar-refractivity contribution in [2.45, 2.75) is 50.9 Å². The predicted molar refractivity (Wildman–Crippen MR) is 81.1 cm³/mol. The van der Waals surface area contributed by atoms with Crippen molar-refractivity contribution in [1.29, 1.82) is 0 Å². The Kier molecular flexibility index (Phi) is 9.39. The molecule has 0 bridgehead atoms. The van der Waals surface area contributed by atoms with E-state index in [9.17, 15) is 5.11 Å². The number of methoxy groups -OCH3 is 1. The van der Waals surface area contributed by atoms with Gasteiger partial charge in [0.2, 0.25) is 0 Å². The van der Waals surface area contributed by atoms with E-state index in [1.807, 2.05) is 6.92 Å². The van der Waals surface area contributed by atoms with E-state index in [4.69, 9.17) is 9.47 Å². The van der Waals surface area contributed by atoms with E-state index >= 15 is 0 Å². The fourth-order valence-corrected chi connectivity index (χ4v) is 2.61. The Balaban J connectivity index is 2.06. The van der Waals surface area contributed by atoms with Crippen molar-refractivity contribution in [3.05, 3.63) is 0 Å². The largest absolute Gasteiger partial charge is 0.389 e. The van der Waals surface area contributed by atoms with Crippen LogP contribution in [0.1, 0.15) is 32.6 Å². The molecule has 1 heterocycles. The van der Waals surface area contributed by atoms with Gasteiger partial charge in [0.25, 0.3) is 0 Å². The molecule has 0 saturated carbocycles. The lowest BCUT2D eigenvalue weighted by atomic mass is 10.0. The predicted octanol–water partition coefficient (Wildman–Crippen LogP) is 0.863. The van der Waals surface area contributed by atoms with Crippen molar-refractivity contribution in [3.63, 3.8) is 0 Å². The third-order valence-corrected chi connectivity index (χ3v) is 3.77. The molecule has 5 heteroatoms. The minimum absolute atomic E-state index is 0.0337. The summed E-state index contributed by atoms with van der Waals surface area (Å²) in [5.41, 5.74) is 0. The Morgan fingerprint density at radius 2 is 2.15 bits per heavy atom. The van der Waals surface area contributed by atoms with Crippen LogP contribution in [-0.2, 0) is 9.47 Å². The first-order chi connectivity index (χ1) is 9.61. The molecule has 0 amide bonds. The van der Waals surface area contributed by atoms with Crippen LogP contribution < -0.4 is 5.32 Å². The van der Waals surface area contributed by atoms with E-state index in [0.29, 0.717) is 25.8 Å². The van der Waals surface area contributed by atoms with Crippen LogP contribution in [0.15, 0.2) is 0 Å². The van der Waals surface area contributed by atoms with Crippen molar-refractivity contribution < 1.29 is 14.6 Å². The molecule has 1 saturated heterocycles. The number of rotatable bonds is 10. The van der Waals surface area contributed by atoms with Crippen molar-refractivity contribution >= 4 is 0 Å². The van der Waals surface area contributed by atoms with Gasteiger partial charge in [-0.3, -0.25) is 0 Å². The van der Waals surface area contributed by atoms with Crippen LogP contribution in [0.5, 0.6) is 0 Å². The third-order valence-electron chi connectivity index (χ3n) is 3.77. The highest BCUT2D eigenvalue weighted by molar-refractivity contribution is 4.73. The Bertz CT molecular complexity index is 235. The molecule has 5 nitrogen and oxygen atoms in total. The molecule has 1 rings (SSSR count). The van der Waals surface area contributed by atoms with Gasteiger partial charge < -0.3 is 24.8 Å². The van der Waals surface area contributed by atoms with Crippen LogP contribution in [0.25, 0.3) is 0 Å². The Labute approximate surface area is 123 Å². The smallest absolute Gasteiger partial charge is 0.0900 e. The Morgan fingerprint density at radius 1 is 1.35 bits per heavy atom. The van der Waals surface area contributed by atoms with Crippen LogP contribution in [0, 0.1) is 0 Å². The van der Waals surface area contributed by atoms with Gasteiger partial charge in [0.15, 0.2) is 0 Å². The van der Waals surface area contributed by atoms with Gasteiger partial charge in [-0.1, -0.05) is 6.42 Å². The number of piperidine rings is 1. The summed E-state index contributed by atoms with van der Waals surface area (Å²) in [4.78, 5) is 2.19. The number of ether oxygens (including phenoxy) is 2. The van der Waals surface area contributed by atoms with Crippen LogP contribution >= 0.6 is 0 Å². The normalized spacial score (nSPS) is 22.9. The van der Waals surface area contributed by atoms with Gasteiger partial charge in [-0.05, 0) is 46.3 Å². The van der Waals surface area contributed by atoms with Crippen molar-refractivity contribution in [2.75, 3.05) is 47.0 Å². The molecule has 20 heavy (non-hydrogen) atoms. The SMILES string of the molecule is COCC(C)OCC(O)CN(C)CCC1CCCCN1. The molecule has 0 aromatic carbocycles. The van der Waals surface area contributed by atoms with Gasteiger partial charge in [0.1, 0.15) is 0 Å². The van der Waals surface area contributed by atoms with Gasteiger partial charge in [-0.25, -0.2) is 0 Å². The second-order valence-electron chi connectivity index (χ2n) is 5.95. The average Bonchev–Trinajstić information content (AvgIpc) is 2.44. The van der Waals surface area contributed by atoms with Crippen molar-refractivity contribution in [2.24, 2.45) is 0 Å². The summed E-state index contributed by atoms with van der Waals surface area (Å²) in [6, 6.07) is 0.654. The zero-order chi connectivity index (χ0) is 14.8. The summed E-state index contributed by atoms with van der Waals surface area (Å²) in [5.74, 6) is 0. The van der Waals surface area contributed by atoms with E-state index in [-0.39, 0.29) is 6.10 Å². The minimum atomic E-state index is -0.432. The molecule has 1 fully saturated rings. The number of aliphatic hydroxyl groups excluding tert-OH is 1. The summed E-state index contributed by atoms with van der Waals surface area (Å²) in [5, 5.41) is 13.5. The minimum Gasteiger partial charge on any atom is -0.389 e. The van der Waals surface area contributed by atoms with Crippen molar-refractivity contribution in [1.82, 2.24) is 10.2 Å². The van der Waals surface area contributed by atoms with Gasteiger partial charge in [-0.15, -0.1) is 0 Å². The topological polar surface area (TPSA) is 54.0 Å². The molecule has 1 aliphatic rings. The molecule has 0 spiro atoms. The summed E-state index contributed by atoms with van der Waals surface area (Å²) < 4.78 is 10.5. The average molecular weight is 288 g/mol. The van der Waals surface area contributed by atoms with E-state index in [1.165, 1.54) is 19.3 Å². The second kappa shape index (κ2) is 10.5. The molecule has 0 aromatic heterocycles. The van der Waals surface area contributed by atoms with Gasteiger partial charge >= 0.3 is 0 Å². The highest BCUT2D eigenvalue weighted by Gasteiger charge is 2.15. The number of nitrogens with zero attached hydrogens (tertiary/aromatic N) is 1. The second-order valence-corrected chi connectivity index (χ2v) is 5.95. The molecule has 0 aromatic rings. The van der Waals surface area contributed by atoms with E-state index < -0.39 is 6.10 Å². The summed E-state index contributed by atoms with van der Waals surface area (Å²) in [6.07, 6.45) is 4.69. The molecule has 0 aliphatic carbocycles. The molecular formula is C15H32N2O3. The first-order valence-corrected chi connectivity index (χ1v) is 7.82. The molecule has 0 radical (unpaired) electrons. The first kappa shape index (κ1) is 17.9. The van der Waals surface area contributed by atoms with Crippen molar-refractivity contribution in [3.8, 4) is 0 Å². The lowest BCUT2D eigenvalue weighted by Gasteiger charge is -2.27. The summed E-state index contributed by atoms with van der Waals surface area (Å²) in [7, 11) is 3.72. The molecule has 1 aliphatic heterocycles. The van der Waals surface area contributed by atoms with Crippen LogP contribution in [0.2, 0.25) is 0 Å².